The lowest BCUT2D eigenvalue weighted by Gasteiger charge is -2.35. The molecule has 0 saturated carbocycles. The zero-order valence-corrected chi connectivity index (χ0v) is 18.1. The fraction of sp³-hybridized carbons (Fsp3) is 0.231. The van der Waals surface area contributed by atoms with Crippen LogP contribution >= 0.6 is 0 Å². The van der Waals surface area contributed by atoms with Crippen LogP contribution in [-0.4, -0.2) is 49.8 Å². The Bertz CT molecular complexity index is 1110. The molecule has 0 unspecified atom stereocenters. The zero-order chi connectivity index (χ0) is 22.5. The lowest BCUT2D eigenvalue weighted by Crippen LogP contribution is -2.45. The van der Waals surface area contributed by atoms with Gasteiger partial charge < -0.3 is 15.1 Å². The van der Waals surface area contributed by atoms with E-state index in [-0.39, 0.29) is 11.7 Å². The molecule has 1 amide bonds. The van der Waals surface area contributed by atoms with Gasteiger partial charge in [-0.05, 0) is 49.0 Å². The second kappa shape index (κ2) is 9.75. The van der Waals surface area contributed by atoms with Crippen molar-refractivity contribution in [2.24, 2.45) is 0 Å². The van der Waals surface area contributed by atoms with Gasteiger partial charge in [-0.1, -0.05) is 36.4 Å². The summed E-state index contributed by atoms with van der Waals surface area (Å²) in [7, 11) is 2.12. The van der Waals surface area contributed by atoms with Gasteiger partial charge in [0.1, 0.15) is 5.82 Å². The molecule has 1 saturated heterocycles. The first-order valence-corrected chi connectivity index (χ1v) is 10.7. The van der Waals surface area contributed by atoms with Crippen LogP contribution in [0, 0.1) is 5.82 Å². The highest BCUT2D eigenvalue weighted by atomic mass is 19.1. The maximum atomic E-state index is 13.2. The molecule has 3 aromatic rings. The van der Waals surface area contributed by atoms with Crippen molar-refractivity contribution < 1.29 is 14.0 Å². The number of nitrogens with zero attached hydrogens (tertiary/aromatic N) is 2. The average Bonchev–Trinajstić information content (AvgIpc) is 2.83. The molecule has 32 heavy (non-hydrogen) atoms. The molecule has 6 heteroatoms. The molecule has 0 aromatic heterocycles. The number of rotatable bonds is 6. The van der Waals surface area contributed by atoms with Crippen LogP contribution in [0.2, 0.25) is 0 Å². The minimum absolute atomic E-state index is 0.295. The molecular weight excluding hydrogens is 405 g/mol. The monoisotopic (exact) mass is 431 g/mol. The number of nitrogens with one attached hydrogen (secondary N) is 1. The number of likely N-dealkylation sites (N-methyl/N-ethyl adjacent to an activating group) is 1. The van der Waals surface area contributed by atoms with Crippen LogP contribution in [0.15, 0.2) is 72.8 Å². The number of anilines is 1. The Morgan fingerprint density at radius 1 is 0.844 bits per heavy atom. The summed E-state index contributed by atoms with van der Waals surface area (Å²) >= 11 is 0. The van der Waals surface area contributed by atoms with Gasteiger partial charge in [0.05, 0.1) is 5.56 Å². The summed E-state index contributed by atoms with van der Waals surface area (Å²) in [5, 5.41) is 2.97. The van der Waals surface area contributed by atoms with Crippen molar-refractivity contribution in [3.05, 3.63) is 101 Å². The summed E-state index contributed by atoms with van der Waals surface area (Å²) in [5.74, 6) is -1.04. The molecular formula is C26H26FN3O2. The number of piperazine rings is 1. The van der Waals surface area contributed by atoms with E-state index in [2.05, 4.69) is 28.2 Å². The first kappa shape index (κ1) is 21.7. The van der Waals surface area contributed by atoms with E-state index < -0.39 is 5.82 Å². The van der Waals surface area contributed by atoms with E-state index in [1.165, 1.54) is 24.3 Å². The Morgan fingerprint density at radius 3 is 2.19 bits per heavy atom. The van der Waals surface area contributed by atoms with Crippen molar-refractivity contribution >= 4 is 17.4 Å². The third-order valence-electron chi connectivity index (χ3n) is 5.80. The number of amides is 1. The lowest BCUT2D eigenvalue weighted by molar-refractivity contribution is 0.0939. The number of carbonyl (C=O) groups excluding carboxylic acids is 2. The van der Waals surface area contributed by atoms with E-state index in [4.69, 9.17) is 0 Å². The van der Waals surface area contributed by atoms with E-state index in [0.29, 0.717) is 23.2 Å². The summed E-state index contributed by atoms with van der Waals surface area (Å²) in [6, 6.07) is 20.1. The number of hydrogen-bond donors (Lipinski definition) is 1. The summed E-state index contributed by atoms with van der Waals surface area (Å²) in [6.45, 7) is 4.24. The fourth-order valence-corrected chi connectivity index (χ4v) is 3.92. The Balaban J connectivity index is 1.50. The van der Waals surface area contributed by atoms with E-state index in [9.17, 15) is 14.0 Å². The SMILES string of the molecule is CN1CCN(c2ccccc2CNC(=O)c2ccccc2C(=O)c2ccc(F)cc2)CC1. The maximum Gasteiger partial charge on any atom is 0.252 e. The first-order valence-electron chi connectivity index (χ1n) is 10.7. The highest BCUT2D eigenvalue weighted by molar-refractivity contribution is 6.15. The van der Waals surface area contributed by atoms with Crippen LogP contribution in [-0.2, 0) is 6.54 Å². The van der Waals surface area contributed by atoms with Gasteiger partial charge in [-0.15, -0.1) is 0 Å². The van der Waals surface area contributed by atoms with Crippen molar-refractivity contribution in [1.29, 1.82) is 0 Å². The quantitative estimate of drug-likeness (QED) is 0.604. The zero-order valence-electron chi connectivity index (χ0n) is 18.1. The highest BCUT2D eigenvalue weighted by Crippen LogP contribution is 2.22. The number of carbonyl (C=O) groups is 2. The number of para-hydroxylation sites is 1. The molecule has 0 aliphatic carbocycles. The Kier molecular flexibility index (Phi) is 6.61. The molecule has 5 nitrogen and oxygen atoms in total. The number of halogens is 1. The van der Waals surface area contributed by atoms with Gasteiger partial charge in [-0.3, -0.25) is 9.59 Å². The Morgan fingerprint density at radius 2 is 1.47 bits per heavy atom. The van der Waals surface area contributed by atoms with E-state index >= 15 is 0 Å². The molecule has 4 rings (SSSR count). The maximum absolute atomic E-state index is 13.2. The molecule has 0 spiro atoms. The highest BCUT2D eigenvalue weighted by Gasteiger charge is 2.20. The minimum atomic E-state index is -0.411. The van der Waals surface area contributed by atoms with Gasteiger partial charge in [0.2, 0.25) is 0 Å². The van der Waals surface area contributed by atoms with Gasteiger partial charge in [0.25, 0.3) is 5.91 Å². The molecule has 0 bridgehead atoms. The van der Waals surface area contributed by atoms with Crippen LogP contribution in [0.1, 0.15) is 31.8 Å². The topological polar surface area (TPSA) is 52.6 Å². The minimum Gasteiger partial charge on any atom is -0.369 e. The predicted octanol–water partition coefficient (Wildman–Crippen LogP) is 3.74. The first-order chi connectivity index (χ1) is 15.5. The predicted molar refractivity (Wildman–Crippen MR) is 124 cm³/mol. The lowest BCUT2D eigenvalue weighted by atomic mass is 9.98. The molecule has 1 N–H and O–H groups in total. The van der Waals surface area contributed by atoms with Gasteiger partial charge in [-0.2, -0.15) is 0 Å². The van der Waals surface area contributed by atoms with Crippen molar-refractivity contribution in [3.63, 3.8) is 0 Å². The second-order valence-electron chi connectivity index (χ2n) is 7.98. The number of benzene rings is 3. The van der Waals surface area contributed by atoms with E-state index in [0.717, 1.165) is 37.4 Å². The fourth-order valence-electron chi connectivity index (χ4n) is 3.92. The smallest absolute Gasteiger partial charge is 0.252 e. The van der Waals surface area contributed by atoms with Gasteiger partial charge >= 0.3 is 0 Å². The van der Waals surface area contributed by atoms with Crippen LogP contribution in [0.25, 0.3) is 0 Å². The molecule has 1 aliphatic heterocycles. The van der Waals surface area contributed by atoms with Crippen LogP contribution in [0.5, 0.6) is 0 Å². The Hall–Kier alpha value is -3.51. The van der Waals surface area contributed by atoms with Crippen molar-refractivity contribution in [1.82, 2.24) is 10.2 Å². The molecule has 3 aromatic carbocycles. The standard InChI is InChI=1S/C26H26FN3O2/c1-29-14-16-30(17-15-29)24-9-5-2-6-20(24)18-28-26(32)23-8-4-3-7-22(23)25(31)19-10-12-21(27)13-11-19/h2-13H,14-18H2,1H3,(H,28,32). The van der Waals surface area contributed by atoms with Gasteiger partial charge in [0, 0.05) is 49.5 Å². The molecule has 1 heterocycles. The third-order valence-corrected chi connectivity index (χ3v) is 5.80. The van der Waals surface area contributed by atoms with Crippen molar-refractivity contribution in [2.45, 2.75) is 6.54 Å². The van der Waals surface area contributed by atoms with Gasteiger partial charge in [0.15, 0.2) is 5.78 Å². The summed E-state index contributed by atoms with van der Waals surface area (Å²) in [6.07, 6.45) is 0. The average molecular weight is 432 g/mol. The summed E-state index contributed by atoms with van der Waals surface area (Å²) < 4.78 is 13.2. The number of hydrogen-bond acceptors (Lipinski definition) is 4. The van der Waals surface area contributed by atoms with Crippen LogP contribution in [0.3, 0.4) is 0 Å². The second-order valence-corrected chi connectivity index (χ2v) is 7.98. The molecule has 1 aliphatic rings. The molecule has 1 fully saturated rings. The van der Waals surface area contributed by atoms with E-state index in [1.54, 1.807) is 24.3 Å². The summed E-state index contributed by atoms with van der Waals surface area (Å²) in [5.41, 5.74) is 3.10. The van der Waals surface area contributed by atoms with Gasteiger partial charge in [-0.25, -0.2) is 4.39 Å². The molecule has 0 radical (unpaired) electrons. The number of ketones is 1. The third kappa shape index (κ3) is 4.86. The van der Waals surface area contributed by atoms with Crippen molar-refractivity contribution in [2.75, 3.05) is 38.1 Å². The summed E-state index contributed by atoms with van der Waals surface area (Å²) in [4.78, 5) is 30.6. The van der Waals surface area contributed by atoms with Crippen LogP contribution in [0.4, 0.5) is 10.1 Å². The molecule has 0 atom stereocenters. The van der Waals surface area contributed by atoms with E-state index in [1.807, 2.05) is 18.2 Å². The van der Waals surface area contributed by atoms with Crippen LogP contribution < -0.4 is 10.2 Å². The Labute approximate surface area is 187 Å². The normalized spacial score (nSPS) is 14.2. The molecule has 164 valence electrons. The van der Waals surface area contributed by atoms with Crippen molar-refractivity contribution in [3.8, 4) is 0 Å². The largest absolute Gasteiger partial charge is 0.369 e.